The minimum Gasteiger partial charge on any atom is -0.382 e. The van der Waals surface area contributed by atoms with Gasteiger partial charge in [-0.15, -0.1) is 0 Å². The van der Waals surface area contributed by atoms with E-state index >= 15 is 0 Å². The van der Waals surface area contributed by atoms with Gasteiger partial charge in [-0.05, 0) is 30.9 Å². The van der Waals surface area contributed by atoms with E-state index in [9.17, 15) is 4.79 Å². The average Bonchev–Trinajstić information content (AvgIpc) is 2.88. The molecule has 0 atom stereocenters. The summed E-state index contributed by atoms with van der Waals surface area (Å²) < 4.78 is 8.58. The Bertz CT molecular complexity index is 1100. The Balaban J connectivity index is 1.49. The van der Waals surface area contributed by atoms with E-state index in [2.05, 4.69) is 63.7 Å². The van der Waals surface area contributed by atoms with Crippen molar-refractivity contribution < 1.29 is 9.53 Å². The lowest BCUT2D eigenvalue weighted by Crippen LogP contribution is -2.36. The van der Waals surface area contributed by atoms with Crippen molar-refractivity contribution in [2.75, 3.05) is 48.8 Å². The molecule has 0 saturated carbocycles. The van der Waals surface area contributed by atoms with E-state index in [0.717, 1.165) is 50.1 Å². The molecule has 178 valence electrons. The fourth-order valence-corrected chi connectivity index (χ4v) is 4.19. The van der Waals surface area contributed by atoms with E-state index in [0.29, 0.717) is 24.6 Å². The summed E-state index contributed by atoms with van der Waals surface area (Å²) in [6.45, 7) is 3.79. The molecule has 0 bridgehead atoms. The average molecular weight is 573 g/mol. The number of morpholine rings is 1. The SMILES string of the molecule is Nc1ncc(-c2ccc(CCCCNI)cc2)nc1C(=O)Nc1cnccc1N1CCOCC1. The van der Waals surface area contributed by atoms with Crippen molar-refractivity contribution >= 4 is 46.0 Å². The van der Waals surface area contributed by atoms with Gasteiger partial charge in [0.15, 0.2) is 11.5 Å². The zero-order chi connectivity index (χ0) is 23.8. The van der Waals surface area contributed by atoms with E-state index in [4.69, 9.17) is 10.5 Å². The van der Waals surface area contributed by atoms with Crippen LogP contribution in [0.4, 0.5) is 17.2 Å². The Kier molecular flexibility index (Phi) is 8.61. The number of unbranched alkanes of at least 4 members (excludes halogenated alkanes) is 1. The summed E-state index contributed by atoms with van der Waals surface area (Å²) in [4.78, 5) is 28.2. The van der Waals surface area contributed by atoms with Gasteiger partial charge >= 0.3 is 0 Å². The number of aromatic nitrogens is 3. The summed E-state index contributed by atoms with van der Waals surface area (Å²) in [5, 5.41) is 2.91. The summed E-state index contributed by atoms with van der Waals surface area (Å²) in [7, 11) is 0. The zero-order valence-electron chi connectivity index (χ0n) is 18.8. The highest BCUT2D eigenvalue weighted by atomic mass is 127. The van der Waals surface area contributed by atoms with E-state index in [-0.39, 0.29) is 11.5 Å². The number of anilines is 3. The van der Waals surface area contributed by atoms with Crippen LogP contribution in [0, 0.1) is 0 Å². The molecular weight excluding hydrogens is 545 g/mol. The standard InChI is InChI=1S/C24H28IN7O2/c25-29-9-2-1-3-17-4-6-18(7-5-17)19-16-28-23(26)22(30-19)24(33)31-20-15-27-10-8-21(20)32-11-13-34-14-12-32/h4-8,10,15-16,29H,1-3,9,11-14H2,(H2,26,28)(H,31,33). The number of aryl methyl sites for hydroxylation is 1. The van der Waals surface area contributed by atoms with Crippen molar-refractivity contribution in [1.29, 1.82) is 0 Å². The van der Waals surface area contributed by atoms with Gasteiger partial charge in [0.25, 0.3) is 5.91 Å². The van der Waals surface area contributed by atoms with Gasteiger partial charge in [-0.25, -0.2) is 9.97 Å². The first kappa shape index (κ1) is 24.3. The summed E-state index contributed by atoms with van der Waals surface area (Å²) in [5.74, 6) is -0.339. The molecule has 34 heavy (non-hydrogen) atoms. The highest BCUT2D eigenvalue weighted by molar-refractivity contribution is 14.1. The molecule has 2 aromatic heterocycles. The highest BCUT2D eigenvalue weighted by Gasteiger charge is 2.19. The Hall–Kier alpha value is -2.83. The predicted octanol–water partition coefficient (Wildman–Crippen LogP) is 3.47. The van der Waals surface area contributed by atoms with Crippen LogP contribution in [-0.4, -0.2) is 53.7 Å². The molecule has 1 aliphatic heterocycles. The third kappa shape index (κ3) is 6.19. The number of amides is 1. The fourth-order valence-electron chi connectivity index (χ4n) is 3.81. The number of pyridine rings is 1. The lowest BCUT2D eigenvalue weighted by Gasteiger charge is -2.30. The molecule has 1 amide bonds. The molecule has 9 nitrogen and oxygen atoms in total. The molecule has 3 heterocycles. The maximum absolute atomic E-state index is 13.1. The van der Waals surface area contributed by atoms with Gasteiger partial charge in [-0.1, -0.05) is 24.3 Å². The van der Waals surface area contributed by atoms with Crippen LogP contribution in [0.1, 0.15) is 28.9 Å². The third-order valence-corrected chi connectivity index (χ3v) is 6.19. The number of rotatable bonds is 9. The van der Waals surface area contributed by atoms with Crippen molar-refractivity contribution in [1.82, 2.24) is 18.5 Å². The number of benzene rings is 1. The molecule has 1 fully saturated rings. The summed E-state index contributed by atoms with van der Waals surface area (Å²) >= 11 is 2.17. The van der Waals surface area contributed by atoms with Gasteiger partial charge in [-0.3, -0.25) is 13.3 Å². The van der Waals surface area contributed by atoms with Crippen LogP contribution in [-0.2, 0) is 11.2 Å². The summed E-state index contributed by atoms with van der Waals surface area (Å²) in [5.41, 5.74) is 10.3. The quantitative estimate of drug-likeness (QED) is 0.203. The van der Waals surface area contributed by atoms with Gasteiger partial charge in [0, 0.05) is 54.3 Å². The van der Waals surface area contributed by atoms with Gasteiger partial charge in [0.05, 0.1) is 42.7 Å². The molecule has 1 aromatic carbocycles. The van der Waals surface area contributed by atoms with Crippen LogP contribution in [0.25, 0.3) is 11.3 Å². The van der Waals surface area contributed by atoms with Crippen LogP contribution in [0.2, 0.25) is 0 Å². The Labute approximate surface area is 213 Å². The first-order valence-corrected chi connectivity index (χ1v) is 12.4. The van der Waals surface area contributed by atoms with E-state index < -0.39 is 5.91 Å². The Morgan fingerprint density at radius 2 is 1.91 bits per heavy atom. The normalized spacial score (nSPS) is 13.6. The maximum atomic E-state index is 13.1. The third-order valence-electron chi connectivity index (χ3n) is 5.65. The number of carbonyl (C=O) groups is 1. The number of nitrogens with one attached hydrogen (secondary N) is 2. The molecule has 4 N–H and O–H groups in total. The predicted molar refractivity (Wildman–Crippen MR) is 142 cm³/mol. The minimum atomic E-state index is -0.421. The van der Waals surface area contributed by atoms with Gasteiger partial charge in [-0.2, -0.15) is 0 Å². The van der Waals surface area contributed by atoms with Gasteiger partial charge in [0.1, 0.15) is 0 Å². The molecule has 1 saturated heterocycles. The molecule has 3 aromatic rings. The zero-order valence-corrected chi connectivity index (χ0v) is 21.0. The topological polar surface area (TPSA) is 118 Å². The fraction of sp³-hybridized carbons (Fsp3) is 0.333. The van der Waals surface area contributed by atoms with E-state index in [1.807, 2.05) is 18.2 Å². The van der Waals surface area contributed by atoms with Crippen molar-refractivity contribution in [3.8, 4) is 11.3 Å². The highest BCUT2D eigenvalue weighted by Crippen LogP contribution is 2.27. The molecular formula is C24H28IN7O2. The molecule has 4 rings (SSSR count). The smallest absolute Gasteiger partial charge is 0.278 e. The second kappa shape index (κ2) is 12.0. The second-order valence-electron chi connectivity index (χ2n) is 7.97. The number of nitrogens with zero attached hydrogens (tertiary/aromatic N) is 4. The summed E-state index contributed by atoms with van der Waals surface area (Å²) in [6.07, 6.45) is 8.22. The largest absolute Gasteiger partial charge is 0.382 e. The second-order valence-corrected chi connectivity index (χ2v) is 8.74. The van der Waals surface area contributed by atoms with Gasteiger partial charge in [0.2, 0.25) is 0 Å². The van der Waals surface area contributed by atoms with Crippen LogP contribution >= 0.6 is 22.9 Å². The lowest BCUT2D eigenvalue weighted by atomic mass is 10.0. The van der Waals surface area contributed by atoms with Crippen molar-refractivity contribution in [3.05, 3.63) is 60.2 Å². The molecule has 0 unspecified atom stereocenters. The molecule has 0 aliphatic carbocycles. The first-order chi connectivity index (χ1) is 16.7. The number of halogens is 1. The Morgan fingerprint density at radius 1 is 1.12 bits per heavy atom. The Morgan fingerprint density at radius 3 is 2.68 bits per heavy atom. The molecule has 10 heteroatoms. The van der Waals surface area contributed by atoms with Crippen molar-refractivity contribution in [3.63, 3.8) is 0 Å². The number of hydrogen-bond donors (Lipinski definition) is 3. The van der Waals surface area contributed by atoms with E-state index in [1.165, 1.54) is 5.56 Å². The monoisotopic (exact) mass is 573 g/mol. The van der Waals surface area contributed by atoms with Crippen molar-refractivity contribution in [2.24, 2.45) is 0 Å². The number of ether oxygens (including phenoxy) is 1. The van der Waals surface area contributed by atoms with Crippen LogP contribution < -0.4 is 19.5 Å². The molecule has 0 spiro atoms. The summed E-state index contributed by atoms with van der Waals surface area (Å²) in [6, 6.07) is 10.1. The lowest BCUT2D eigenvalue weighted by molar-refractivity contribution is 0.102. The van der Waals surface area contributed by atoms with Crippen LogP contribution in [0.3, 0.4) is 0 Å². The number of carbonyl (C=O) groups excluding carboxylic acids is 1. The number of nitrogens with two attached hydrogens (primary N) is 1. The van der Waals surface area contributed by atoms with E-state index in [1.54, 1.807) is 18.6 Å². The minimum absolute atomic E-state index is 0.0820. The van der Waals surface area contributed by atoms with Gasteiger partial charge < -0.3 is 20.7 Å². The van der Waals surface area contributed by atoms with Crippen LogP contribution in [0.15, 0.2) is 48.9 Å². The molecule has 0 radical (unpaired) electrons. The number of nitrogen functional groups attached to an aromatic ring is 1. The van der Waals surface area contributed by atoms with Crippen molar-refractivity contribution in [2.45, 2.75) is 19.3 Å². The molecule has 1 aliphatic rings. The first-order valence-electron chi connectivity index (χ1n) is 11.3. The number of hydrogen-bond acceptors (Lipinski definition) is 8. The maximum Gasteiger partial charge on any atom is 0.278 e. The van der Waals surface area contributed by atoms with Crippen LogP contribution in [0.5, 0.6) is 0 Å².